The first-order valence-corrected chi connectivity index (χ1v) is 22.6. The fourth-order valence-corrected chi connectivity index (χ4v) is 8.96. The normalized spacial score (nSPS) is 16.1. The average Bonchev–Trinajstić information content (AvgIpc) is 3.28. The number of hydrogen-bond acceptors (Lipinski definition) is 12. The van der Waals surface area contributed by atoms with Gasteiger partial charge < -0.3 is 29.1 Å². The van der Waals surface area contributed by atoms with E-state index in [9.17, 15) is 14.7 Å². The van der Waals surface area contributed by atoms with Crippen LogP contribution in [0.25, 0.3) is 33.4 Å². The van der Waals surface area contributed by atoms with E-state index in [1.54, 1.807) is 0 Å². The second kappa shape index (κ2) is 19.8. The number of benzene rings is 2. The number of piperidine rings is 2. The summed E-state index contributed by atoms with van der Waals surface area (Å²) in [6.45, 7) is 17.9. The number of esters is 1. The molecular weight excluding hydrogens is 795 g/mol. The summed E-state index contributed by atoms with van der Waals surface area (Å²) in [4.78, 5) is 53.9. The van der Waals surface area contributed by atoms with Crippen molar-refractivity contribution in [2.45, 2.75) is 124 Å². The maximum Gasteiger partial charge on any atom is 0.337 e. The van der Waals surface area contributed by atoms with Gasteiger partial charge in [-0.3, -0.25) is 9.78 Å². The summed E-state index contributed by atoms with van der Waals surface area (Å²) in [5.41, 5.74) is 8.64. The number of anilines is 2. The number of pyridine rings is 1. The first-order valence-electron chi connectivity index (χ1n) is 22.6. The number of carboxylic acids is 1. The third-order valence-corrected chi connectivity index (χ3v) is 12.0. The molecule has 0 bridgehead atoms. The predicted molar refractivity (Wildman–Crippen MR) is 247 cm³/mol. The highest BCUT2D eigenvalue weighted by molar-refractivity contribution is 6.00. The summed E-state index contributed by atoms with van der Waals surface area (Å²) in [6, 6.07) is 14.1. The lowest BCUT2D eigenvalue weighted by atomic mass is 9.88. The zero-order valence-electron chi connectivity index (χ0n) is 38.3. The first kappa shape index (κ1) is 45.3. The number of ether oxygens (including phenoxy) is 3. The Morgan fingerprint density at radius 3 is 1.97 bits per heavy atom. The SMILES string of the molecule is CCCC(C(=O)OC)c1c(C)nc(N2CCCCC2)nc1-c1ccc2c3c(ccnc13)CCO2.Cc1ccc(-c2nc(N3CCCCC3)nc(C)c2C(OC(C)(C)C)C(=O)O)cc1. The van der Waals surface area contributed by atoms with Gasteiger partial charge in [0.2, 0.25) is 11.9 Å². The van der Waals surface area contributed by atoms with Crippen molar-refractivity contribution in [3.05, 3.63) is 82.3 Å². The van der Waals surface area contributed by atoms with Crippen LogP contribution in [-0.4, -0.2) is 87.5 Å². The van der Waals surface area contributed by atoms with Crippen LogP contribution >= 0.6 is 0 Å². The fourth-order valence-electron chi connectivity index (χ4n) is 8.96. The van der Waals surface area contributed by atoms with Gasteiger partial charge in [-0.2, -0.15) is 0 Å². The van der Waals surface area contributed by atoms with Gasteiger partial charge in [0.25, 0.3) is 0 Å². The van der Waals surface area contributed by atoms with Gasteiger partial charge in [0.15, 0.2) is 6.10 Å². The highest BCUT2D eigenvalue weighted by atomic mass is 16.5. The Morgan fingerprint density at radius 1 is 0.794 bits per heavy atom. The van der Waals surface area contributed by atoms with Gasteiger partial charge in [-0.15, -0.1) is 0 Å². The maximum absolute atomic E-state index is 12.9. The summed E-state index contributed by atoms with van der Waals surface area (Å²) in [6.07, 6.45) is 10.1. The van der Waals surface area contributed by atoms with Crippen LogP contribution in [0.5, 0.6) is 5.75 Å². The highest BCUT2D eigenvalue weighted by Crippen LogP contribution is 2.42. The van der Waals surface area contributed by atoms with Gasteiger partial charge in [-0.05, 0) is 110 Å². The second-order valence-electron chi connectivity index (χ2n) is 17.9. The van der Waals surface area contributed by atoms with Gasteiger partial charge in [0.1, 0.15) is 5.75 Å². The molecule has 0 radical (unpaired) electrons. The molecule has 63 heavy (non-hydrogen) atoms. The van der Waals surface area contributed by atoms with Crippen LogP contribution in [-0.2, 0) is 25.5 Å². The Hall–Kier alpha value is -5.69. The number of carbonyl (C=O) groups excluding carboxylic acids is 1. The van der Waals surface area contributed by atoms with E-state index in [0.29, 0.717) is 35.9 Å². The highest BCUT2D eigenvalue weighted by Gasteiger charge is 2.34. The number of methoxy groups -OCH3 is 1. The minimum atomic E-state index is -1.14. The lowest BCUT2D eigenvalue weighted by Gasteiger charge is -2.30. The Bertz CT molecular complexity index is 2410. The maximum atomic E-state index is 12.9. The molecule has 8 rings (SSSR count). The first-order chi connectivity index (χ1) is 30.3. The van der Waals surface area contributed by atoms with Crippen molar-refractivity contribution in [3.8, 4) is 28.3 Å². The van der Waals surface area contributed by atoms with Crippen molar-refractivity contribution in [2.24, 2.45) is 0 Å². The Labute approximate surface area is 371 Å². The molecule has 3 aliphatic rings. The third-order valence-electron chi connectivity index (χ3n) is 12.0. The van der Waals surface area contributed by atoms with Crippen molar-refractivity contribution in [1.29, 1.82) is 0 Å². The lowest BCUT2D eigenvalue weighted by molar-refractivity contribution is -0.160. The summed E-state index contributed by atoms with van der Waals surface area (Å²) in [5, 5.41) is 11.0. The van der Waals surface area contributed by atoms with Crippen LogP contribution < -0.4 is 14.5 Å². The Kier molecular flexibility index (Phi) is 14.2. The molecular formula is C50H63N7O6. The van der Waals surface area contributed by atoms with E-state index in [-0.39, 0.29) is 5.97 Å². The van der Waals surface area contributed by atoms with Crippen LogP contribution in [0.15, 0.2) is 48.7 Å². The number of carbonyl (C=O) groups is 2. The molecule has 2 aromatic carbocycles. The monoisotopic (exact) mass is 857 g/mol. The quantitative estimate of drug-likeness (QED) is 0.126. The average molecular weight is 858 g/mol. The number of nitrogens with zero attached hydrogens (tertiary/aromatic N) is 7. The zero-order chi connectivity index (χ0) is 44.8. The molecule has 2 atom stereocenters. The number of aromatic nitrogens is 5. The summed E-state index contributed by atoms with van der Waals surface area (Å²) in [7, 11) is 1.45. The molecule has 2 unspecified atom stereocenters. The minimum absolute atomic E-state index is 0.250. The molecule has 6 heterocycles. The molecule has 1 N–H and O–H groups in total. The number of rotatable bonds is 11. The molecule has 0 amide bonds. The van der Waals surface area contributed by atoms with Gasteiger partial charge >= 0.3 is 11.9 Å². The van der Waals surface area contributed by atoms with Crippen molar-refractivity contribution < 1.29 is 28.9 Å². The molecule has 0 aliphatic carbocycles. The molecule has 2 fully saturated rings. The van der Waals surface area contributed by atoms with Gasteiger partial charge in [-0.1, -0.05) is 43.2 Å². The van der Waals surface area contributed by atoms with Crippen LogP contribution in [0, 0.1) is 20.8 Å². The van der Waals surface area contributed by atoms with Gasteiger partial charge in [-0.25, -0.2) is 24.7 Å². The molecule has 13 nitrogen and oxygen atoms in total. The number of carboxylic acid groups (broad SMARTS) is 1. The smallest absolute Gasteiger partial charge is 0.337 e. The van der Waals surface area contributed by atoms with Crippen molar-refractivity contribution in [3.63, 3.8) is 0 Å². The Morgan fingerprint density at radius 2 is 1.40 bits per heavy atom. The molecule has 334 valence electrons. The van der Waals surface area contributed by atoms with Crippen LogP contribution in [0.4, 0.5) is 11.9 Å². The van der Waals surface area contributed by atoms with E-state index < -0.39 is 23.6 Å². The molecule has 2 saturated heterocycles. The summed E-state index contributed by atoms with van der Waals surface area (Å²) < 4.78 is 17.1. The van der Waals surface area contributed by atoms with Gasteiger partial charge in [0, 0.05) is 77.8 Å². The topological polar surface area (TPSA) is 153 Å². The van der Waals surface area contributed by atoms with Crippen LogP contribution in [0.2, 0.25) is 0 Å². The Balaban J connectivity index is 0.000000192. The molecule has 3 aliphatic heterocycles. The third kappa shape index (κ3) is 10.2. The second-order valence-corrected chi connectivity index (χ2v) is 17.9. The fraction of sp³-hybridized carbons (Fsp3) is 0.500. The van der Waals surface area contributed by atoms with Gasteiger partial charge in [0.05, 0.1) is 42.1 Å². The largest absolute Gasteiger partial charge is 0.493 e. The standard InChI is InChI=1S/C27H32N4O3.C23H31N3O3/c1-4-8-19(26(32)33-3)22-17(2)29-27(31-14-6-5-7-15-31)30-25(22)20-9-10-21-23-18(12-16-34-21)11-13-28-24(20)23;1-15-9-11-17(12-10-15)19-18(20(21(27)28)29-23(3,4)5)16(2)24-22(25-19)26-13-7-6-8-14-26/h9-11,13,19H,4-8,12,14-16H2,1-3H3;9-12,20H,6-8,13-14H2,1-5H3,(H,27,28). The number of hydrogen-bond donors (Lipinski definition) is 1. The van der Waals surface area contributed by atoms with E-state index in [1.165, 1.54) is 25.5 Å². The molecule has 13 heteroatoms. The minimum Gasteiger partial charge on any atom is -0.493 e. The number of aryl methyl sites for hydroxylation is 3. The molecule has 3 aromatic heterocycles. The summed E-state index contributed by atoms with van der Waals surface area (Å²) >= 11 is 0. The van der Waals surface area contributed by atoms with Crippen LogP contribution in [0.1, 0.15) is 125 Å². The van der Waals surface area contributed by atoms with E-state index in [0.717, 1.165) is 121 Å². The predicted octanol–water partition coefficient (Wildman–Crippen LogP) is 9.67. The van der Waals surface area contributed by atoms with Crippen molar-refractivity contribution >= 4 is 34.7 Å². The van der Waals surface area contributed by atoms with E-state index in [1.807, 2.05) is 84.1 Å². The van der Waals surface area contributed by atoms with E-state index >= 15 is 0 Å². The van der Waals surface area contributed by atoms with Crippen molar-refractivity contribution in [1.82, 2.24) is 24.9 Å². The van der Waals surface area contributed by atoms with E-state index in [2.05, 4.69) is 22.8 Å². The number of aliphatic carboxylic acids is 1. The summed E-state index contributed by atoms with van der Waals surface area (Å²) in [5.74, 6) is 0.539. The van der Waals surface area contributed by atoms with Crippen LogP contribution in [0.3, 0.4) is 0 Å². The molecule has 5 aromatic rings. The molecule has 0 spiro atoms. The zero-order valence-corrected chi connectivity index (χ0v) is 38.3. The van der Waals surface area contributed by atoms with Crippen molar-refractivity contribution in [2.75, 3.05) is 49.7 Å². The lowest BCUT2D eigenvalue weighted by Crippen LogP contribution is -2.32. The molecule has 0 saturated carbocycles. The van der Waals surface area contributed by atoms with E-state index in [4.69, 9.17) is 39.1 Å².